The Morgan fingerprint density at radius 1 is 1.26 bits per heavy atom. The SMILES string of the molecule is CCOC(=O)[C@](NC(=O)c1cccnc1)(NN1CCN(C)CC1)C(F)(F)F. The Labute approximate surface area is 154 Å². The highest BCUT2D eigenvalue weighted by atomic mass is 19.4. The average Bonchev–Trinajstić information content (AvgIpc) is 2.62. The topological polar surface area (TPSA) is 86.8 Å². The lowest BCUT2D eigenvalue weighted by Gasteiger charge is -2.41. The molecule has 0 radical (unpaired) electrons. The number of piperazine rings is 1. The van der Waals surface area contributed by atoms with E-state index in [1.54, 1.807) is 5.32 Å². The zero-order valence-corrected chi connectivity index (χ0v) is 15.0. The molecule has 0 unspecified atom stereocenters. The van der Waals surface area contributed by atoms with Gasteiger partial charge in [0.1, 0.15) is 0 Å². The van der Waals surface area contributed by atoms with Gasteiger partial charge in [0.05, 0.1) is 12.2 Å². The van der Waals surface area contributed by atoms with Gasteiger partial charge in [-0.2, -0.15) is 13.2 Å². The lowest BCUT2D eigenvalue weighted by atomic mass is 10.1. The maximum Gasteiger partial charge on any atom is 0.437 e. The van der Waals surface area contributed by atoms with Crippen molar-refractivity contribution in [2.75, 3.05) is 39.8 Å². The highest BCUT2D eigenvalue weighted by Crippen LogP contribution is 2.30. The van der Waals surface area contributed by atoms with Crippen LogP contribution >= 0.6 is 0 Å². The van der Waals surface area contributed by atoms with Crippen LogP contribution in [-0.4, -0.2) is 78.4 Å². The van der Waals surface area contributed by atoms with Gasteiger partial charge in [0, 0.05) is 38.6 Å². The molecule has 0 saturated carbocycles. The van der Waals surface area contributed by atoms with E-state index >= 15 is 0 Å². The van der Waals surface area contributed by atoms with E-state index in [9.17, 15) is 22.8 Å². The largest absolute Gasteiger partial charge is 0.463 e. The van der Waals surface area contributed by atoms with Crippen LogP contribution in [0.25, 0.3) is 0 Å². The van der Waals surface area contributed by atoms with Crippen LogP contribution in [0, 0.1) is 0 Å². The number of nitrogens with one attached hydrogen (secondary N) is 2. The van der Waals surface area contributed by atoms with Crippen LogP contribution in [0.4, 0.5) is 13.2 Å². The molecular weight excluding hydrogens is 367 g/mol. The summed E-state index contributed by atoms with van der Waals surface area (Å²) in [5.41, 5.74) is -1.36. The van der Waals surface area contributed by atoms with E-state index in [2.05, 4.69) is 15.1 Å². The molecule has 1 atom stereocenters. The summed E-state index contributed by atoms with van der Waals surface area (Å²) in [6, 6.07) is 2.70. The quantitative estimate of drug-likeness (QED) is 0.538. The van der Waals surface area contributed by atoms with Crippen molar-refractivity contribution in [1.82, 2.24) is 25.6 Å². The van der Waals surface area contributed by atoms with Crippen molar-refractivity contribution in [3.63, 3.8) is 0 Å². The molecule has 11 heteroatoms. The Kier molecular flexibility index (Phi) is 6.73. The number of pyridine rings is 1. The van der Waals surface area contributed by atoms with Gasteiger partial charge in [-0.15, -0.1) is 0 Å². The van der Waals surface area contributed by atoms with Gasteiger partial charge in [-0.25, -0.2) is 15.2 Å². The maximum absolute atomic E-state index is 14.0. The number of hydrazine groups is 1. The Balaban J connectivity index is 2.35. The number of rotatable bonds is 6. The Hall–Kier alpha value is -2.24. The van der Waals surface area contributed by atoms with E-state index in [-0.39, 0.29) is 25.3 Å². The van der Waals surface area contributed by atoms with E-state index in [4.69, 9.17) is 0 Å². The number of nitrogens with zero attached hydrogens (tertiary/aromatic N) is 3. The van der Waals surface area contributed by atoms with Gasteiger partial charge in [-0.1, -0.05) is 0 Å². The number of likely N-dealkylation sites (N-methyl/N-ethyl adjacent to an activating group) is 1. The molecular formula is C16H22F3N5O3. The van der Waals surface area contributed by atoms with Crippen LogP contribution < -0.4 is 10.7 Å². The minimum absolute atomic E-state index is 0.115. The summed E-state index contributed by atoms with van der Waals surface area (Å²) in [6.07, 6.45) is -2.67. The van der Waals surface area contributed by atoms with Crippen LogP contribution in [0.2, 0.25) is 0 Å². The first-order valence-corrected chi connectivity index (χ1v) is 8.37. The summed E-state index contributed by atoms with van der Waals surface area (Å²) in [5.74, 6) is -2.73. The smallest absolute Gasteiger partial charge is 0.437 e. The molecule has 0 bridgehead atoms. The number of esters is 1. The Morgan fingerprint density at radius 3 is 2.44 bits per heavy atom. The van der Waals surface area contributed by atoms with Gasteiger partial charge in [0.15, 0.2) is 0 Å². The summed E-state index contributed by atoms with van der Waals surface area (Å²) in [5, 5.41) is 3.04. The van der Waals surface area contributed by atoms with Crippen LogP contribution in [0.3, 0.4) is 0 Å². The first-order chi connectivity index (χ1) is 12.7. The summed E-state index contributed by atoms with van der Waals surface area (Å²) >= 11 is 0. The van der Waals surface area contributed by atoms with Crippen LogP contribution in [0.1, 0.15) is 17.3 Å². The second-order valence-electron chi connectivity index (χ2n) is 6.07. The van der Waals surface area contributed by atoms with Crippen molar-refractivity contribution >= 4 is 11.9 Å². The van der Waals surface area contributed by atoms with Crippen molar-refractivity contribution in [2.45, 2.75) is 18.8 Å². The molecule has 1 amide bonds. The molecule has 1 aromatic heterocycles. The normalized spacial score (nSPS) is 18.6. The third kappa shape index (κ3) is 4.93. The Bertz CT molecular complexity index is 650. The van der Waals surface area contributed by atoms with Crippen LogP contribution in [-0.2, 0) is 9.53 Å². The van der Waals surface area contributed by atoms with Crippen molar-refractivity contribution in [3.8, 4) is 0 Å². The third-order valence-electron chi connectivity index (χ3n) is 4.06. The molecule has 1 saturated heterocycles. The number of halogens is 3. The number of alkyl halides is 3. The number of carbonyl (C=O) groups is 2. The molecule has 0 spiro atoms. The summed E-state index contributed by atoms with van der Waals surface area (Å²) in [4.78, 5) is 30.4. The highest BCUT2D eigenvalue weighted by molar-refractivity contribution is 5.98. The zero-order chi connectivity index (χ0) is 20.1. The van der Waals surface area contributed by atoms with Gasteiger partial charge < -0.3 is 15.0 Å². The Morgan fingerprint density at radius 2 is 1.93 bits per heavy atom. The van der Waals surface area contributed by atoms with Gasteiger partial charge in [0.2, 0.25) is 0 Å². The molecule has 2 rings (SSSR count). The standard InChI is InChI=1S/C16H22F3N5O3/c1-3-27-14(26)15(16(17,18)19,22-24-9-7-23(2)8-10-24)21-13(25)12-5-4-6-20-11-12/h4-6,11,22H,3,7-10H2,1-2H3,(H,21,25)/t15-/m0/s1. The number of carbonyl (C=O) groups excluding carboxylic acids is 2. The monoisotopic (exact) mass is 389 g/mol. The van der Waals surface area contributed by atoms with E-state index in [1.165, 1.54) is 30.3 Å². The van der Waals surface area contributed by atoms with E-state index in [0.29, 0.717) is 13.1 Å². The lowest BCUT2D eigenvalue weighted by molar-refractivity contribution is -0.231. The van der Waals surface area contributed by atoms with Crippen molar-refractivity contribution in [1.29, 1.82) is 0 Å². The zero-order valence-electron chi connectivity index (χ0n) is 15.0. The molecule has 0 aliphatic carbocycles. The molecule has 0 aromatic carbocycles. The molecule has 27 heavy (non-hydrogen) atoms. The number of amides is 1. The lowest BCUT2D eigenvalue weighted by Crippen LogP contribution is -2.76. The first kappa shape index (κ1) is 21.1. The average molecular weight is 389 g/mol. The molecule has 2 N–H and O–H groups in total. The van der Waals surface area contributed by atoms with Crippen LogP contribution in [0.15, 0.2) is 24.5 Å². The summed E-state index contributed by atoms with van der Waals surface area (Å²) in [6.45, 7) is 2.58. The fourth-order valence-corrected chi connectivity index (χ4v) is 2.51. The predicted molar refractivity (Wildman–Crippen MR) is 89.3 cm³/mol. The minimum atomic E-state index is -5.15. The fraction of sp³-hybridized carbons (Fsp3) is 0.562. The van der Waals surface area contributed by atoms with Gasteiger partial charge in [-0.3, -0.25) is 9.78 Å². The molecule has 1 fully saturated rings. The third-order valence-corrected chi connectivity index (χ3v) is 4.06. The van der Waals surface area contributed by atoms with Crippen molar-refractivity contribution in [2.24, 2.45) is 0 Å². The minimum Gasteiger partial charge on any atom is -0.463 e. The first-order valence-electron chi connectivity index (χ1n) is 8.37. The highest BCUT2D eigenvalue weighted by Gasteiger charge is 2.64. The molecule has 150 valence electrons. The van der Waals surface area contributed by atoms with E-state index in [0.717, 1.165) is 6.20 Å². The van der Waals surface area contributed by atoms with E-state index in [1.807, 2.05) is 11.9 Å². The molecule has 1 aliphatic rings. The molecule has 2 heterocycles. The molecule has 8 nitrogen and oxygen atoms in total. The van der Waals surface area contributed by atoms with Crippen molar-refractivity contribution < 1.29 is 27.5 Å². The van der Waals surface area contributed by atoms with Gasteiger partial charge in [0.25, 0.3) is 5.91 Å². The molecule has 1 aliphatic heterocycles. The maximum atomic E-state index is 14.0. The molecule has 1 aromatic rings. The second kappa shape index (κ2) is 8.63. The summed E-state index contributed by atoms with van der Waals surface area (Å²) < 4.78 is 46.7. The van der Waals surface area contributed by atoms with Gasteiger partial charge in [-0.05, 0) is 26.1 Å². The predicted octanol–water partition coefficient (Wildman–Crippen LogP) is 0.385. The number of hydrogen-bond donors (Lipinski definition) is 2. The fourth-order valence-electron chi connectivity index (χ4n) is 2.51. The summed E-state index contributed by atoms with van der Waals surface area (Å²) in [7, 11) is 1.84. The van der Waals surface area contributed by atoms with Gasteiger partial charge >= 0.3 is 17.8 Å². The second-order valence-corrected chi connectivity index (χ2v) is 6.07. The van der Waals surface area contributed by atoms with Crippen molar-refractivity contribution in [3.05, 3.63) is 30.1 Å². The number of aromatic nitrogens is 1. The number of hydrogen-bond acceptors (Lipinski definition) is 7. The van der Waals surface area contributed by atoms with Crippen LogP contribution in [0.5, 0.6) is 0 Å². The number of ether oxygens (including phenoxy) is 1. The van der Waals surface area contributed by atoms with E-state index < -0.39 is 23.7 Å².